The van der Waals surface area contributed by atoms with Gasteiger partial charge in [-0.3, -0.25) is 9.71 Å². The lowest BCUT2D eigenvalue weighted by Gasteiger charge is -2.28. The standard InChI is InChI=1S/C31H33N5O4S/c1-31(2,15-17-36-20-26(33-21-36)22-8-4-3-5-9-22)34-19-28(38)24-13-14-27(37)25(18-24)35-41(39,40)29-12-6-10-23-11-7-16-32-30(23)29/h3-14,16,18,20-21,28,34-35,37-38H,15,17,19H2,1-2H3. The lowest BCUT2D eigenvalue weighted by molar-refractivity contribution is 0.158. The van der Waals surface area contributed by atoms with Gasteiger partial charge in [0.2, 0.25) is 0 Å². The fraction of sp³-hybridized carbons (Fsp3) is 0.226. The van der Waals surface area contributed by atoms with E-state index in [1.54, 1.807) is 30.3 Å². The van der Waals surface area contributed by atoms with Crippen molar-refractivity contribution >= 4 is 26.6 Å². The highest BCUT2D eigenvalue weighted by molar-refractivity contribution is 7.93. The molecule has 0 saturated carbocycles. The van der Waals surface area contributed by atoms with Crippen molar-refractivity contribution in [2.24, 2.45) is 0 Å². The van der Waals surface area contributed by atoms with Crippen LogP contribution >= 0.6 is 0 Å². The molecule has 2 aromatic heterocycles. The summed E-state index contributed by atoms with van der Waals surface area (Å²) in [7, 11) is -4.07. The molecular weight excluding hydrogens is 538 g/mol. The lowest BCUT2D eigenvalue weighted by atomic mass is 9.99. The maximum Gasteiger partial charge on any atom is 0.264 e. The van der Waals surface area contributed by atoms with Crippen molar-refractivity contribution in [1.82, 2.24) is 19.9 Å². The van der Waals surface area contributed by atoms with Crippen LogP contribution in [0.1, 0.15) is 31.9 Å². The quantitative estimate of drug-likeness (QED) is 0.162. The van der Waals surface area contributed by atoms with Gasteiger partial charge in [0.05, 0.1) is 29.3 Å². The SMILES string of the molecule is CC(C)(CCn1cnc(-c2ccccc2)c1)NCC(O)c1ccc(O)c(NS(=O)(=O)c2cccc3cccnc23)c1. The molecular formula is C31H33N5O4S. The van der Waals surface area contributed by atoms with E-state index in [0.717, 1.165) is 24.2 Å². The Labute approximate surface area is 239 Å². The fourth-order valence-electron chi connectivity index (χ4n) is 4.56. The number of pyridine rings is 1. The molecule has 41 heavy (non-hydrogen) atoms. The van der Waals surface area contributed by atoms with Crippen LogP contribution < -0.4 is 10.0 Å². The number of phenols is 1. The number of imidazole rings is 1. The second-order valence-corrected chi connectivity index (χ2v) is 12.3. The topological polar surface area (TPSA) is 129 Å². The van der Waals surface area contributed by atoms with E-state index in [1.165, 1.54) is 24.4 Å². The monoisotopic (exact) mass is 571 g/mol. The molecule has 0 bridgehead atoms. The van der Waals surface area contributed by atoms with Crippen LogP contribution in [0.4, 0.5) is 5.69 Å². The Morgan fingerprint density at radius 1 is 0.976 bits per heavy atom. The highest BCUT2D eigenvalue weighted by atomic mass is 32.2. The first-order chi connectivity index (χ1) is 19.6. The Kier molecular flexibility index (Phi) is 8.07. The molecule has 10 heteroatoms. The Morgan fingerprint density at radius 2 is 1.76 bits per heavy atom. The second-order valence-electron chi connectivity index (χ2n) is 10.6. The summed E-state index contributed by atoms with van der Waals surface area (Å²) in [5, 5.41) is 25.4. The molecule has 0 amide bonds. The molecule has 9 nitrogen and oxygen atoms in total. The fourth-order valence-corrected chi connectivity index (χ4v) is 5.81. The number of phenolic OH excluding ortho intramolecular Hbond substituents is 1. The number of aromatic hydroxyl groups is 1. The van der Waals surface area contributed by atoms with Crippen molar-refractivity contribution in [1.29, 1.82) is 0 Å². The zero-order chi connectivity index (χ0) is 29.0. The van der Waals surface area contributed by atoms with Gasteiger partial charge in [-0.1, -0.05) is 54.6 Å². The van der Waals surface area contributed by atoms with E-state index in [-0.39, 0.29) is 28.4 Å². The number of aromatic nitrogens is 3. The third-order valence-electron chi connectivity index (χ3n) is 7.01. The van der Waals surface area contributed by atoms with Crippen molar-refractivity contribution in [3.05, 3.63) is 103 Å². The van der Waals surface area contributed by atoms with Gasteiger partial charge in [-0.25, -0.2) is 13.4 Å². The van der Waals surface area contributed by atoms with Crippen LogP contribution in [0.5, 0.6) is 5.75 Å². The van der Waals surface area contributed by atoms with Gasteiger partial charge >= 0.3 is 0 Å². The maximum atomic E-state index is 13.2. The average molecular weight is 572 g/mol. The highest BCUT2D eigenvalue weighted by Gasteiger charge is 2.22. The van der Waals surface area contributed by atoms with E-state index in [4.69, 9.17) is 0 Å². The van der Waals surface area contributed by atoms with Crippen molar-refractivity contribution in [3.8, 4) is 17.0 Å². The zero-order valence-electron chi connectivity index (χ0n) is 22.9. The first kappa shape index (κ1) is 28.3. The number of β-amino-alcohol motifs (C(OH)–C–C–N with tert-alkyl or cyclic N) is 1. The molecule has 5 rings (SSSR count). The number of nitrogens with zero attached hydrogens (tertiary/aromatic N) is 3. The predicted molar refractivity (Wildman–Crippen MR) is 160 cm³/mol. The number of para-hydroxylation sites is 1. The molecule has 3 aromatic carbocycles. The first-order valence-corrected chi connectivity index (χ1v) is 14.8. The third-order valence-corrected chi connectivity index (χ3v) is 8.40. The molecule has 0 saturated heterocycles. The van der Waals surface area contributed by atoms with Crippen molar-refractivity contribution in [2.45, 2.75) is 43.4 Å². The van der Waals surface area contributed by atoms with Crippen LogP contribution in [0.15, 0.2) is 102 Å². The zero-order valence-corrected chi connectivity index (χ0v) is 23.7. The van der Waals surface area contributed by atoms with Gasteiger partial charge in [-0.2, -0.15) is 0 Å². The molecule has 4 N–H and O–H groups in total. The summed E-state index contributed by atoms with van der Waals surface area (Å²) in [6.45, 7) is 5.09. The Bertz CT molecular complexity index is 1750. The molecule has 0 aliphatic carbocycles. The lowest BCUT2D eigenvalue weighted by Crippen LogP contribution is -2.42. The number of aliphatic hydroxyl groups excluding tert-OH is 1. The molecule has 0 spiro atoms. The van der Waals surface area contributed by atoms with Crippen LogP contribution in [0, 0.1) is 0 Å². The number of fused-ring (bicyclic) bond motifs is 1. The number of benzene rings is 3. The molecule has 0 aliphatic rings. The summed E-state index contributed by atoms with van der Waals surface area (Å²) in [6, 6.07) is 22.8. The molecule has 212 valence electrons. The molecule has 0 radical (unpaired) electrons. The number of nitrogens with one attached hydrogen (secondary N) is 2. The minimum absolute atomic E-state index is 0.00171. The number of rotatable bonds is 11. The van der Waals surface area contributed by atoms with Gasteiger partial charge in [-0.15, -0.1) is 0 Å². The number of aryl methyl sites for hydroxylation is 1. The highest BCUT2D eigenvalue weighted by Crippen LogP contribution is 2.31. The molecule has 1 unspecified atom stereocenters. The van der Waals surface area contributed by atoms with Crippen molar-refractivity contribution in [2.75, 3.05) is 11.3 Å². The summed E-state index contributed by atoms with van der Waals surface area (Å²) in [6.07, 6.45) is 5.22. The predicted octanol–water partition coefficient (Wildman–Crippen LogP) is 5.10. The van der Waals surface area contributed by atoms with Crippen LogP contribution in [0.25, 0.3) is 22.2 Å². The van der Waals surface area contributed by atoms with E-state index in [0.29, 0.717) is 16.5 Å². The minimum Gasteiger partial charge on any atom is -0.506 e. The van der Waals surface area contributed by atoms with Crippen molar-refractivity contribution < 1.29 is 18.6 Å². The molecule has 0 aliphatic heterocycles. The summed E-state index contributed by atoms with van der Waals surface area (Å²) in [5.41, 5.74) is 2.45. The maximum absolute atomic E-state index is 13.2. The first-order valence-electron chi connectivity index (χ1n) is 13.3. The molecule has 1 atom stereocenters. The summed E-state index contributed by atoms with van der Waals surface area (Å²) in [5.74, 6) is -0.249. The van der Waals surface area contributed by atoms with E-state index in [9.17, 15) is 18.6 Å². The normalized spacial score (nSPS) is 12.9. The van der Waals surface area contributed by atoms with Crippen LogP contribution in [-0.2, 0) is 16.6 Å². The number of hydrogen-bond acceptors (Lipinski definition) is 7. The Balaban J connectivity index is 1.22. The Hall–Kier alpha value is -4.25. The van der Waals surface area contributed by atoms with Gasteiger partial charge in [-0.05, 0) is 50.1 Å². The van der Waals surface area contributed by atoms with E-state index in [2.05, 4.69) is 33.9 Å². The van der Waals surface area contributed by atoms with Crippen LogP contribution in [0.3, 0.4) is 0 Å². The van der Waals surface area contributed by atoms with Crippen molar-refractivity contribution in [3.63, 3.8) is 0 Å². The largest absolute Gasteiger partial charge is 0.506 e. The number of sulfonamides is 1. The van der Waals surface area contributed by atoms with Gasteiger partial charge in [0.15, 0.2) is 0 Å². The number of anilines is 1. The smallest absolute Gasteiger partial charge is 0.264 e. The number of hydrogen-bond donors (Lipinski definition) is 4. The van der Waals surface area contributed by atoms with Gasteiger partial charge in [0.25, 0.3) is 10.0 Å². The average Bonchev–Trinajstić information content (AvgIpc) is 3.45. The van der Waals surface area contributed by atoms with Crippen LogP contribution in [0.2, 0.25) is 0 Å². The summed E-state index contributed by atoms with van der Waals surface area (Å²) < 4.78 is 31.0. The third kappa shape index (κ3) is 6.74. The van der Waals surface area contributed by atoms with E-state index in [1.807, 2.05) is 47.4 Å². The van der Waals surface area contributed by atoms with Gasteiger partial charge < -0.3 is 20.1 Å². The van der Waals surface area contributed by atoms with Gasteiger partial charge in [0.1, 0.15) is 10.6 Å². The summed E-state index contributed by atoms with van der Waals surface area (Å²) in [4.78, 5) is 8.72. The van der Waals surface area contributed by atoms with E-state index >= 15 is 0 Å². The number of aliphatic hydroxyl groups is 1. The minimum atomic E-state index is -4.07. The summed E-state index contributed by atoms with van der Waals surface area (Å²) >= 11 is 0. The Morgan fingerprint density at radius 3 is 2.56 bits per heavy atom. The second kappa shape index (κ2) is 11.7. The molecule has 0 fully saturated rings. The van der Waals surface area contributed by atoms with Crippen LogP contribution in [-0.4, -0.2) is 45.2 Å². The molecule has 5 aromatic rings. The molecule has 2 heterocycles. The van der Waals surface area contributed by atoms with E-state index < -0.39 is 16.1 Å². The van der Waals surface area contributed by atoms with Gasteiger partial charge in [0, 0.05) is 42.0 Å².